The van der Waals surface area contributed by atoms with Gasteiger partial charge in [0.05, 0.1) is 7.11 Å². The molecule has 0 unspecified atom stereocenters. The third-order valence-electron chi connectivity index (χ3n) is 3.89. The molecule has 1 N–H and O–H groups in total. The zero-order chi connectivity index (χ0) is 15.5. The van der Waals surface area contributed by atoms with Gasteiger partial charge in [0.15, 0.2) is 0 Å². The maximum atomic E-state index is 5.17. The van der Waals surface area contributed by atoms with Crippen LogP contribution in [0.5, 0.6) is 5.75 Å². The third kappa shape index (κ3) is 6.31. The summed E-state index contributed by atoms with van der Waals surface area (Å²) in [5, 5.41) is 3.54. The summed E-state index contributed by atoms with van der Waals surface area (Å²) in [6, 6.07) is 19.1. The number of aryl methyl sites for hydroxylation is 2. The number of hydrogen-bond donors (Lipinski definition) is 1. The van der Waals surface area contributed by atoms with Crippen molar-refractivity contribution in [3.63, 3.8) is 0 Å². The summed E-state index contributed by atoms with van der Waals surface area (Å²) in [4.78, 5) is 0. The fourth-order valence-electron chi connectivity index (χ4n) is 2.56. The molecule has 0 aliphatic carbocycles. The first-order valence-corrected chi connectivity index (χ1v) is 8.26. The van der Waals surface area contributed by atoms with E-state index in [0.717, 1.165) is 25.3 Å². The van der Waals surface area contributed by atoms with Gasteiger partial charge in [0.25, 0.3) is 0 Å². The Kier molecular flexibility index (Phi) is 7.54. The van der Waals surface area contributed by atoms with E-state index in [2.05, 4.69) is 47.8 Å². The molecule has 2 aromatic carbocycles. The Labute approximate surface area is 134 Å². The normalized spacial score (nSPS) is 10.6. The van der Waals surface area contributed by atoms with Crippen molar-refractivity contribution in [3.05, 3.63) is 65.7 Å². The fourth-order valence-corrected chi connectivity index (χ4v) is 2.56. The third-order valence-corrected chi connectivity index (χ3v) is 3.89. The number of hydrogen-bond acceptors (Lipinski definition) is 2. The van der Waals surface area contributed by atoms with E-state index in [1.165, 1.54) is 36.8 Å². The minimum Gasteiger partial charge on any atom is -0.497 e. The van der Waals surface area contributed by atoms with E-state index in [9.17, 15) is 0 Å². The van der Waals surface area contributed by atoms with Crippen molar-refractivity contribution >= 4 is 0 Å². The Morgan fingerprint density at radius 1 is 0.727 bits per heavy atom. The quantitative estimate of drug-likeness (QED) is 0.662. The van der Waals surface area contributed by atoms with Crippen molar-refractivity contribution in [2.45, 2.75) is 32.1 Å². The average Bonchev–Trinajstić information content (AvgIpc) is 2.59. The Balaban J connectivity index is 1.47. The van der Waals surface area contributed by atoms with E-state index in [-0.39, 0.29) is 0 Å². The number of methoxy groups -OCH3 is 1. The number of unbranched alkanes of at least 4 members (excludes halogenated alkanes) is 1. The van der Waals surface area contributed by atoms with Crippen LogP contribution in [0.4, 0.5) is 0 Å². The predicted octanol–water partition coefficient (Wildman–Crippen LogP) is 4.24. The molecule has 0 aromatic heterocycles. The lowest BCUT2D eigenvalue weighted by Gasteiger charge is -2.06. The molecule has 0 spiro atoms. The highest BCUT2D eigenvalue weighted by Gasteiger charge is 1.96. The van der Waals surface area contributed by atoms with Gasteiger partial charge >= 0.3 is 0 Å². The summed E-state index contributed by atoms with van der Waals surface area (Å²) < 4.78 is 5.17. The highest BCUT2D eigenvalue weighted by atomic mass is 16.5. The second kappa shape index (κ2) is 10.0. The van der Waals surface area contributed by atoms with Gasteiger partial charge in [0.1, 0.15) is 5.75 Å². The second-order valence-electron chi connectivity index (χ2n) is 5.64. The van der Waals surface area contributed by atoms with Crippen LogP contribution in [0, 0.1) is 0 Å². The zero-order valence-corrected chi connectivity index (χ0v) is 13.6. The standard InChI is InChI=1S/C20H27NO/c1-22-20-14-12-19(13-15-20)10-5-6-16-21-17-7-11-18-8-3-2-4-9-18/h2-4,8-9,12-15,21H,5-7,10-11,16-17H2,1H3. The molecule has 0 saturated heterocycles. The van der Waals surface area contributed by atoms with Gasteiger partial charge in [0, 0.05) is 0 Å². The molecular weight excluding hydrogens is 270 g/mol. The summed E-state index contributed by atoms with van der Waals surface area (Å²) >= 11 is 0. The van der Waals surface area contributed by atoms with Crippen LogP contribution in [0.3, 0.4) is 0 Å². The highest BCUT2D eigenvalue weighted by molar-refractivity contribution is 5.27. The molecule has 0 bridgehead atoms. The molecule has 2 heteroatoms. The number of rotatable bonds is 10. The van der Waals surface area contributed by atoms with Crippen LogP contribution >= 0.6 is 0 Å². The van der Waals surface area contributed by atoms with Crippen molar-refractivity contribution in [1.29, 1.82) is 0 Å². The topological polar surface area (TPSA) is 21.3 Å². The van der Waals surface area contributed by atoms with Crippen molar-refractivity contribution in [2.75, 3.05) is 20.2 Å². The summed E-state index contributed by atoms with van der Waals surface area (Å²) in [7, 11) is 1.71. The maximum absolute atomic E-state index is 5.17. The first-order chi connectivity index (χ1) is 10.9. The van der Waals surface area contributed by atoms with Crippen LogP contribution in [-0.4, -0.2) is 20.2 Å². The Morgan fingerprint density at radius 2 is 1.36 bits per heavy atom. The predicted molar refractivity (Wildman–Crippen MR) is 93.6 cm³/mol. The molecule has 0 radical (unpaired) electrons. The van der Waals surface area contributed by atoms with Crippen molar-refractivity contribution in [2.24, 2.45) is 0 Å². The van der Waals surface area contributed by atoms with E-state index >= 15 is 0 Å². The maximum Gasteiger partial charge on any atom is 0.118 e. The molecule has 0 aliphatic heterocycles. The van der Waals surface area contributed by atoms with Crippen molar-refractivity contribution < 1.29 is 4.74 Å². The number of benzene rings is 2. The fraction of sp³-hybridized carbons (Fsp3) is 0.400. The lowest BCUT2D eigenvalue weighted by molar-refractivity contribution is 0.414. The Bertz CT molecular complexity index is 507. The minimum atomic E-state index is 0.934. The highest BCUT2D eigenvalue weighted by Crippen LogP contribution is 2.13. The minimum absolute atomic E-state index is 0.934. The summed E-state index contributed by atoms with van der Waals surface area (Å²) in [6.45, 7) is 2.22. The summed E-state index contributed by atoms with van der Waals surface area (Å²) in [6.07, 6.45) is 5.99. The van der Waals surface area contributed by atoms with Crippen LogP contribution < -0.4 is 10.1 Å². The molecule has 0 saturated carbocycles. The molecule has 2 nitrogen and oxygen atoms in total. The van der Waals surface area contributed by atoms with E-state index < -0.39 is 0 Å². The van der Waals surface area contributed by atoms with Gasteiger partial charge in [-0.2, -0.15) is 0 Å². The molecule has 0 heterocycles. The molecule has 0 fully saturated rings. The largest absolute Gasteiger partial charge is 0.497 e. The van der Waals surface area contributed by atoms with E-state index in [4.69, 9.17) is 4.74 Å². The van der Waals surface area contributed by atoms with Gasteiger partial charge in [-0.05, 0) is 68.5 Å². The van der Waals surface area contributed by atoms with E-state index in [1.54, 1.807) is 7.11 Å². The Morgan fingerprint density at radius 3 is 2.09 bits per heavy atom. The van der Waals surface area contributed by atoms with Gasteiger partial charge in [-0.25, -0.2) is 0 Å². The lowest BCUT2D eigenvalue weighted by Crippen LogP contribution is -2.17. The van der Waals surface area contributed by atoms with Crippen molar-refractivity contribution in [3.8, 4) is 5.75 Å². The van der Waals surface area contributed by atoms with Gasteiger partial charge in [-0.1, -0.05) is 42.5 Å². The Hall–Kier alpha value is -1.80. The lowest BCUT2D eigenvalue weighted by atomic mass is 10.1. The van der Waals surface area contributed by atoms with Crippen molar-refractivity contribution in [1.82, 2.24) is 5.32 Å². The molecule has 2 rings (SSSR count). The average molecular weight is 297 g/mol. The van der Waals surface area contributed by atoms with Gasteiger partial charge in [-0.15, -0.1) is 0 Å². The van der Waals surface area contributed by atoms with Crippen LogP contribution in [0.1, 0.15) is 30.4 Å². The number of ether oxygens (including phenoxy) is 1. The van der Waals surface area contributed by atoms with Crippen LogP contribution in [-0.2, 0) is 12.8 Å². The molecule has 22 heavy (non-hydrogen) atoms. The molecule has 2 aromatic rings. The molecule has 0 atom stereocenters. The van der Waals surface area contributed by atoms with Crippen LogP contribution in [0.15, 0.2) is 54.6 Å². The second-order valence-corrected chi connectivity index (χ2v) is 5.64. The van der Waals surface area contributed by atoms with E-state index in [1.807, 2.05) is 12.1 Å². The van der Waals surface area contributed by atoms with Gasteiger partial charge < -0.3 is 10.1 Å². The number of nitrogens with one attached hydrogen (secondary N) is 1. The monoisotopic (exact) mass is 297 g/mol. The first-order valence-electron chi connectivity index (χ1n) is 8.26. The smallest absolute Gasteiger partial charge is 0.118 e. The van der Waals surface area contributed by atoms with E-state index in [0.29, 0.717) is 0 Å². The van der Waals surface area contributed by atoms with Gasteiger partial charge in [0.2, 0.25) is 0 Å². The zero-order valence-electron chi connectivity index (χ0n) is 13.6. The molecule has 118 valence electrons. The SMILES string of the molecule is COc1ccc(CCCCNCCCc2ccccc2)cc1. The summed E-state index contributed by atoms with van der Waals surface area (Å²) in [5.74, 6) is 0.934. The molecular formula is C20H27NO. The van der Waals surface area contributed by atoms with Gasteiger partial charge in [-0.3, -0.25) is 0 Å². The first kappa shape index (κ1) is 16.6. The summed E-state index contributed by atoms with van der Waals surface area (Å²) in [5.41, 5.74) is 2.83. The molecule has 0 aliphatic rings. The molecule has 0 amide bonds. The van der Waals surface area contributed by atoms with Crippen LogP contribution in [0.2, 0.25) is 0 Å². The van der Waals surface area contributed by atoms with Crippen LogP contribution in [0.25, 0.3) is 0 Å².